The van der Waals surface area contributed by atoms with E-state index in [-0.39, 0.29) is 30.1 Å². The third-order valence-electron chi connectivity index (χ3n) is 4.87. The van der Waals surface area contributed by atoms with Crippen molar-refractivity contribution in [1.29, 1.82) is 0 Å². The Bertz CT molecular complexity index is 619. The number of nitrogens with zero attached hydrogens (tertiary/aromatic N) is 1. The third kappa shape index (κ3) is 5.86. The number of hydrogen-bond donors (Lipinski definition) is 2. The quantitative estimate of drug-likeness (QED) is 0.757. The van der Waals surface area contributed by atoms with E-state index in [0.29, 0.717) is 28.9 Å². The van der Waals surface area contributed by atoms with Gasteiger partial charge in [0.25, 0.3) is 5.91 Å². The van der Waals surface area contributed by atoms with Crippen LogP contribution < -0.4 is 10.6 Å². The molecule has 1 aliphatic carbocycles. The Hall–Kier alpha value is -1.30. The van der Waals surface area contributed by atoms with E-state index < -0.39 is 0 Å². The summed E-state index contributed by atoms with van der Waals surface area (Å²) in [7, 11) is 3.66. The zero-order valence-corrected chi connectivity index (χ0v) is 17.3. The molecule has 2 amide bonds. The lowest BCUT2D eigenvalue weighted by molar-refractivity contribution is -0.119. The van der Waals surface area contributed by atoms with Crippen molar-refractivity contribution in [1.82, 2.24) is 10.2 Å². The van der Waals surface area contributed by atoms with E-state index >= 15 is 0 Å². The molecule has 0 heterocycles. The molecule has 0 spiro atoms. The minimum Gasteiger partial charge on any atom is -0.339 e. The molecule has 2 rings (SSSR count). The summed E-state index contributed by atoms with van der Waals surface area (Å²) >= 11 is 6.32. The van der Waals surface area contributed by atoms with Crippen LogP contribution in [0, 0.1) is 5.92 Å². The highest BCUT2D eigenvalue weighted by molar-refractivity contribution is 6.34. The maximum atomic E-state index is 12.7. The Morgan fingerprint density at radius 1 is 1.27 bits per heavy atom. The normalized spacial score (nSPS) is 15.7. The van der Waals surface area contributed by atoms with Crippen LogP contribution in [0.1, 0.15) is 49.4 Å². The fraction of sp³-hybridized carbons (Fsp3) is 0.579. The lowest BCUT2D eigenvalue weighted by atomic mass is 9.94. The first-order valence-corrected chi connectivity index (χ1v) is 9.34. The summed E-state index contributed by atoms with van der Waals surface area (Å²) in [6, 6.07) is 5.37. The molecule has 0 saturated heterocycles. The van der Waals surface area contributed by atoms with Gasteiger partial charge in [0.05, 0.1) is 10.6 Å². The van der Waals surface area contributed by atoms with E-state index in [1.807, 2.05) is 25.9 Å². The van der Waals surface area contributed by atoms with Crippen LogP contribution in [-0.2, 0) is 4.79 Å². The fourth-order valence-corrected chi connectivity index (χ4v) is 3.52. The first kappa shape index (κ1) is 22.7. The number of halogens is 2. The summed E-state index contributed by atoms with van der Waals surface area (Å²) in [4.78, 5) is 26.6. The zero-order chi connectivity index (χ0) is 18.4. The Kier molecular flexibility index (Phi) is 9.41. The summed E-state index contributed by atoms with van der Waals surface area (Å²) in [6.45, 7) is 2.45. The number of rotatable bonds is 6. The molecule has 1 saturated carbocycles. The van der Waals surface area contributed by atoms with Crippen molar-refractivity contribution < 1.29 is 9.59 Å². The van der Waals surface area contributed by atoms with Gasteiger partial charge in [0.15, 0.2) is 0 Å². The van der Waals surface area contributed by atoms with Crippen LogP contribution >= 0.6 is 24.0 Å². The van der Waals surface area contributed by atoms with E-state index in [0.717, 1.165) is 12.8 Å². The highest BCUT2D eigenvalue weighted by atomic mass is 35.5. The molecular formula is C19H29Cl2N3O2. The summed E-state index contributed by atoms with van der Waals surface area (Å²) in [5, 5.41) is 6.18. The monoisotopic (exact) mass is 401 g/mol. The lowest BCUT2D eigenvalue weighted by Crippen LogP contribution is -2.38. The number of hydrogen-bond acceptors (Lipinski definition) is 3. The number of carbonyl (C=O) groups excluding carboxylic acids is 2. The standard InChI is InChI=1S/C19H28ClN3O2.ClH/c1-13(12-21-2)18(24)22-14-9-10-16(17(20)11-14)19(25)23(3)15-7-5-4-6-8-15;/h9-11,13,15,21H,4-8,12H2,1-3H3,(H,22,24);1H. The largest absolute Gasteiger partial charge is 0.339 e. The van der Waals surface area contributed by atoms with Gasteiger partial charge in [0.1, 0.15) is 0 Å². The molecule has 0 aliphatic heterocycles. The lowest BCUT2D eigenvalue weighted by Gasteiger charge is -2.31. The van der Waals surface area contributed by atoms with E-state index in [2.05, 4.69) is 10.6 Å². The molecule has 0 bridgehead atoms. The van der Waals surface area contributed by atoms with Crippen LogP contribution in [0.15, 0.2) is 18.2 Å². The van der Waals surface area contributed by atoms with Crippen LogP contribution in [0.25, 0.3) is 0 Å². The van der Waals surface area contributed by atoms with Crippen LogP contribution in [0.2, 0.25) is 5.02 Å². The van der Waals surface area contributed by atoms with Crippen molar-refractivity contribution in [3.05, 3.63) is 28.8 Å². The van der Waals surface area contributed by atoms with Crippen LogP contribution in [0.5, 0.6) is 0 Å². The topological polar surface area (TPSA) is 61.4 Å². The highest BCUT2D eigenvalue weighted by Crippen LogP contribution is 2.26. The van der Waals surface area contributed by atoms with Gasteiger partial charge in [-0.3, -0.25) is 9.59 Å². The Morgan fingerprint density at radius 2 is 1.92 bits per heavy atom. The number of benzene rings is 1. The van der Waals surface area contributed by atoms with Crippen LogP contribution in [0.4, 0.5) is 5.69 Å². The van der Waals surface area contributed by atoms with Gasteiger partial charge in [0.2, 0.25) is 5.91 Å². The molecule has 0 aromatic heterocycles. The van der Waals surface area contributed by atoms with Crippen molar-refractivity contribution in [2.75, 3.05) is 26.0 Å². The number of nitrogens with one attached hydrogen (secondary N) is 2. The van der Waals surface area contributed by atoms with Crippen molar-refractivity contribution >= 4 is 41.5 Å². The molecule has 0 radical (unpaired) electrons. The van der Waals surface area contributed by atoms with E-state index in [9.17, 15) is 9.59 Å². The third-order valence-corrected chi connectivity index (χ3v) is 5.18. The van der Waals surface area contributed by atoms with E-state index in [1.54, 1.807) is 18.2 Å². The molecular weight excluding hydrogens is 373 g/mol. The summed E-state index contributed by atoms with van der Waals surface area (Å²) < 4.78 is 0. The number of anilines is 1. The van der Waals surface area contributed by atoms with Gasteiger partial charge < -0.3 is 15.5 Å². The first-order valence-electron chi connectivity index (χ1n) is 8.96. The molecule has 1 aromatic carbocycles. The smallest absolute Gasteiger partial charge is 0.255 e. The second-order valence-corrected chi connectivity index (χ2v) is 7.26. The molecule has 1 aliphatic rings. The zero-order valence-electron chi connectivity index (χ0n) is 15.7. The molecule has 2 N–H and O–H groups in total. The first-order chi connectivity index (χ1) is 11.9. The molecule has 146 valence electrons. The molecule has 5 nitrogen and oxygen atoms in total. The van der Waals surface area contributed by atoms with Gasteiger partial charge in [-0.05, 0) is 38.1 Å². The van der Waals surface area contributed by atoms with Crippen molar-refractivity contribution in [3.8, 4) is 0 Å². The van der Waals surface area contributed by atoms with Gasteiger partial charge in [-0.15, -0.1) is 12.4 Å². The average Bonchev–Trinajstić information content (AvgIpc) is 2.61. The number of carbonyl (C=O) groups is 2. The van der Waals surface area contributed by atoms with Gasteiger partial charge in [-0.2, -0.15) is 0 Å². The fourth-order valence-electron chi connectivity index (χ4n) is 3.25. The predicted molar refractivity (Wildman–Crippen MR) is 109 cm³/mol. The van der Waals surface area contributed by atoms with Crippen LogP contribution in [-0.4, -0.2) is 43.4 Å². The SMILES string of the molecule is CNCC(C)C(=O)Nc1ccc(C(=O)N(C)C2CCCCC2)c(Cl)c1.Cl. The Morgan fingerprint density at radius 3 is 2.50 bits per heavy atom. The second kappa shape index (κ2) is 10.8. The minimum atomic E-state index is -0.150. The molecule has 1 atom stereocenters. The van der Waals surface area contributed by atoms with E-state index in [1.165, 1.54) is 19.3 Å². The average molecular weight is 402 g/mol. The van der Waals surface area contributed by atoms with Gasteiger partial charge in [0, 0.05) is 31.2 Å². The van der Waals surface area contributed by atoms with E-state index in [4.69, 9.17) is 11.6 Å². The Labute approximate surface area is 167 Å². The summed E-state index contributed by atoms with van der Waals surface area (Å²) in [6.07, 6.45) is 5.70. The van der Waals surface area contributed by atoms with Crippen molar-refractivity contribution in [2.45, 2.75) is 45.1 Å². The summed E-state index contributed by atoms with van der Waals surface area (Å²) in [5.41, 5.74) is 1.09. The molecule has 1 unspecified atom stereocenters. The molecule has 7 heteroatoms. The second-order valence-electron chi connectivity index (χ2n) is 6.85. The maximum absolute atomic E-state index is 12.7. The summed E-state index contributed by atoms with van der Waals surface area (Å²) in [5.74, 6) is -0.287. The van der Waals surface area contributed by atoms with Gasteiger partial charge in [-0.25, -0.2) is 0 Å². The molecule has 1 aromatic rings. The van der Waals surface area contributed by atoms with Crippen molar-refractivity contribution in [2.24, 2.45) is 5.92 Å². The Balaban J connectivity index is 0.00000338. The predicted octanol–water partition coefficient (Wildman–Crippen LogP) is 3.96. The molecule has 1 fully saturated rings. The maximum Gasteiger partial charge on any atom is 0.255 e. The van der Waals surface area contributed by atoms with Gasteiger partial charge >= 0.3 is 0 Å². The number of amides is 2. The molecule has 26 heavy (non-hydrogen) atoms. The van der Waals surface area contributed by atoms with Gasteiger partial charge in [-0.1, -0.05) is 37.8 Å². The minimum absolute atomic E-state index is 0. The highest BCUT2D eigenvalue weighted by Gasteiger charge is 2.24. The van der Waals surface area contributed by atoms with Crippen molar-refractivity contribution in [3.63, 3.8) is 0 Å². The van der Waals surface area contributed by atoms with Crippen LogP contribution in [0.3, 0.4) is 0 Å².